The SMILES string of the molecule is CCCCC(NC(=O)c1cncn1C)C(=O)O. The van der Waals surface area contributed by atoms with Crippen LogP contribution in [0.1, 0.15) is 36.7 Å². The number of amides is 1. The zero-order valence-electron chi connectivity index (χ0n) is 10.0. The molecule has 6 nitrogen and oxygen atoms in total. The Bertz CT molecular complexity index is 400. The van der Waals surface area contributed by atoms with E-state index in [9.17, 15) is 9.59 Å². The number of carboxylic acids is 1. The molecule has 0 aliphatic carbocycles. The van der Waals surface area contributed by atoms with Crippen molar-refractivity contribution in [3.8, 4) is 0 Å². The number of hydrogen-bond acceptors (Lipinski definition) is 3. The van der Waals surface area contributed by atoms with E-state index in [2.05, 4.69) is 10.3 Å². The number of unbranched alkanes of at least 4 members (excludes halogenated alkanes) is 1. The molecule has 1 aromatic heterocycles. The van der Waals surface area contributed by atoms with E-state index < -0.39 is 17.9 Å². The third-order valence-electron chi connectivity index (χ3n) is 2.50. The Morgan fingerprint density at radius 2 is 2.29 bits per heavy atom. The van der Waals surface area contributed by atoms with Crippen LogP contribution in [-0.4, -0.2) is 32.6 Å². The fourth-order valence-corrected chi connectivity index (χ4v) is 1.47. The van der Waals surface area contributed by atoms with Crippen molar-refractivity contribution >= 4 is 11.9 Å². The number of aliphatic carboxylic acids is 1. The van der Waals surface area contributed by atoms with Crippen LogP contribution in [0.3, 0.4) is 0 Å². The number of aromatic nitrogens is 2. The van der Waals surface area contributed by atoms with Gasteiger partial charge >= 0.3 is 5.97 Å². The number of imidazole rings is 1. The van der Waals surface area contributed by atoms with Crippen molar-refractivity contribution < 1.29 is 14.7 Å². The highest BCUT2D eigenvalue weighted by Gasteiger charge is 2.21. The summed E-state index contributed by atoms with van der Waals surface area (Å²) >= 11 is 0. The lowest BCUT2D eigenvalue weighted by Crippen LogP contribution is -2.41. The number of carbonyl (C=O) groups is 2. The first-order valence-corrected chi connectivity index (χ1v) is 5.56. The smallest absolute Gasteiger partial charge is 0.326 e. The summed E-state index contributed by atoms with van der Waals surface area (Å²) in [5.74, 6) is -1.41. The third kappa shape index (κ3) is 3.58. The molecule has 0 aliphatic rings. The third-order valence-corrected chi connectivity index (χ3v) is 2.50. The Balaban J connectivity index is 2.64. The normalized spacial score (nSPS) is 12.1. The van der Waals surface area contributed by atoms with Crippen molar-refractivity contribution in [1.29, 1.82) is 0 Å². The molecule has 1 atom stereocenters. The second-order valence-corrected chi connectivity index (χ2v) is 3.90. The summed E-state index contributed by atoms with van der Waals surface area (Å²) in [6.07, 6.45) is 5.01. The first kappa shape index (κ1) is 13.2. The topological polar surface area (TPSA) is 84.2 Å². The van der Waals surface area contributed by atoms with E-state index in [4.69, 9.17) is 5.11 Å². The molecule has 0 spiro atoms. The number of carbonyl (C=O) groups excluding carboxylic acids is 1. The number of nitrogens with zero attached hydrogens (tertiary/aromatic N) is 2. The second-order valence-electron chi connectivity index (χ2n) is 3.90. The number of rotatable bonds is 6. The summed E-state index contributed by atoms with van der Waals surface area (Å²) in [6, 6.07) is -0.836. The minimum Gasteiger partial charge on any atom is -0.480 e. The van der Waals surface area contributed by atoms with Gasteiger partial charge in [0.05, 0.1) is 12.5 Å². The molecule has 2 N–H and O–H groups in total. The molecular formula is C11H17N3O3. The van der Waals surface area contributed by atoms with Gasteiger partial charge in [0.25, 0.3) is 5.91 Å². The average Bonchev–Trinajstić information content (AvgIpc) is 2.70. The summed E-state index contributed by atoms with van der Waals surface area (Å²) < 4.78 is 1.55. The fourth-order valence-electron chi connectivity index (χ4n) is 1.47. The lowest BCUT2D eigenvalue weighted by Gasteiger charge is -2.13. The van der Waals surface area contributed by atoms with Crippen LogP contribution in [0.25, 0.3) is 0 Å². The lowest BCUT2D eigenvalue weighted by molar-refractivity contribution is -0.139. The van der Waals surface area contributed by atoms with Gasteiger partial charge in [-0.25, -0.2) is 9.78 Å². The largest absolute Gasteiger partial charge is 0.480 e. The Morgan fingerprint density at radius 3 is 2.76 bits per heavy atom. The van der Waals surface area contributed by atoms with Crippen LogP contribution < -0.4 is 5.32 Å². The summed E-state index contributed by atoms with van der Waals surface area (Å²) in [6.45, 7) is 1.97. The highest BCUT2D eigenvalue weighted by Crippen LogP contribution is 2.03. The van der Waals surface area contributed by atoms with Gasteiger partial charge in [-0.05, 0) is 6.42 Å². The average molecular weight is 239 g/mol. The lowest BCUT2D eigenvalue weighted by atomic mass is 10.1. The van der Waals surface area contributed by atoms with Gasteiger partial charge in [-0.1, -0.05) is 19.8 Å². The fraction of sp³-hybridized carbons (Fsp3) is 0.545. The molecular weight excluding hydrogens is 222 g/mol. The highest BCUT2D eigenvalue weighted by molar-refractivity contribution is 5.94. The van der Waals surface area contributed by atoms with E-state index in [1.165, 1.54) is 12.5 Å². The van der Waals surface area contributed by atoms with Gasteiger partial charge in [0, 0.05) is 7.05 Å². The number of aryl methyl sites for hydroxylation is 1. The first-order chi connectivity index (χ1) is 8.06. The molecule has 1 aromatic rings. The monoisotopic (exact) mass is 239 g/mol. The minimum atomic E-state index is -1.01. The van der Waals surface area contributed by atoms with E-state index in [1.807, 2.05) is 6.92 Å². The van der Waals surface area contributed by atoms with Crippen molar-refractivity contribution in [2.24, 2.45) is 7.05 Å². The molecule has 0 fully saturated rings. The van der Waals surface area contributed by atoms with E-state index in [0.29, 0.717) is 12.1 Å². The van der Waals surface area contributed by atoms with Gasteiger partial charge in [0.15, 0.2) is 0 Å². The molecule has 1 heterocycles. The van der Waals surface area contributed by atoms with E-state index in [1.54, 1.807) is 11.6 Å². The Hall–Kier alpha value is -1.85. The first-order valence-electron chi connectivity index (χ1n) is 5.56. The predicted octanol–water partition coefficient (Wildman–Crippen LogP) is 0.793. The predicted molar refractivity (Wildman–Crippen MR) is 61.6 cm³/mol. The quantitative estimate of drug-likeness (QED) is 0.768. The number of nitrogens with one attached hydrogen (secondary N) is 1. The Kier molecular flexibility index (Phi) is 4.68. The molecule has 0 saturated heterocycles. The van der Waals surface area contributed by atoms with Gasteiger partial charge < -0.3 is 15.0 Å². The molecule has 1 unspecified atom stereocenters. The van der Waals surface area contributed by atoms with E-state index in [0.717, 1.165) is 12.8 Å². The van der Waals surface area contributed by atoms with Gasteiger partial charge in [-0.15, -0.1) is 0 Å². The molecule has 1 amide bonds. The summed E-state index contributed by atoms with van der Waals surface area (Å²) in [5, 5.41) is 11.5. The Morgan fingerprint density at radius 1 is 1.59 bits per heavy atom. The van der Waals surface area contributed by atoms with Crippen molar-refractivity contribution in [3.05, 3.63) is 18.2 Å². The second kappa shape index (κ2) is 6.03. The van der Waals surface area contributed by atoms with Crippen molar-refractivity contribution in [2.45, 2.75) is 32.2 Å². The van der Waals surface area contributed by atoms with Crippen LogP contribution in [0.5, 0.6) is 0 Å². The van der Waals surface area contributed by atoms with E-state index in [-0.39, 0.29) is 0 Å². The van der Waals surface area contributed by atoms with Crippen LogP contribution >= 0.6 is 0 Å². The maximum Gasteiger partial charge on any atom is 0.326 e. The Labute approximate surface area is 99.7 Å². The molecule has 6 heteroatoms. The van der Waals surface area contributed by atoms with Crippen molar-refractivity contribution in [3.63, 3.8) is 0 Å². The standard InChI is InChI=1S/C11H17N3O3/c1-3-4-5-8(11(16)17)13-10(15)9-6-12-7-14(9)2/h6-8H,3-5H2,1-2H3,(H,13,15)(H,16,17). The minimum absolute atomic E-state index is 0.354. The summed E-state index contributed by atoms with van der Waals surface area (Å²) in [5.41, 5.74) is 0.354. The van der Waals surface area contributed by atoms with Gasteiger partial charge in [0.2, 0.25) is 0 Å². The maximum absolute atomic E-state index is 11.8. The van der Waals surface area contributed by atoms with Gasteiger partial charge in [-0.2, -0.15) is 0 Å². The number of hydrogen-bond donors (Lipinski definition) is 2. The zero-order valence-corrected chi connectivity index (χ0v) is 10.0. The highest BCUT2D eigenvalue weighted by atomic mass is 16.4. The van der Waals surface area contributed by atoms with Crippen LogP contribution in [0.15, 0.2) is 12.5 Å². The van der Waals surface area contributed by atoms with Crippen LogP contribution in [0.2, 0.25) is 0 Å². The molecule has 0 aliphatic heterocycles. The maximum atomic E-state index is 11.8. The molecule has 0 radical (unpaired) electrons. The summed E-state index contributed by atoms with van der Waals surface area (Å²) in [4.78, 5) is 26.5. The zero-order chi connectivity index (χ0) is 12.8. The number of carboxylic acid groups (broad SMARTS) is 1. The summed E-state index contributed by atoms with van der Waals surface area (Å²) in [7, 11) is 1.68. The van der Waals surface area contributed by atoms with Gasteiger partial charge in [0.1, 0.15) is 11.7 Å². The molecule has 94 valence electrons. The molecule has 1 rings (SSSR count). The van der Waals surface area contributed by atoms with Crippen molar-refractivity contribution in [1.82, 2.24) is 14.9 Å². The molecule has 0 saturated carbocycles. The molecule has 0 aromatic carbocycles. The van der Waals surface area contributed by atoms with Crippen LogP contribution in [0, 0.1) is 0 Å². The molecule has 0 bridgehead atoms. The van der Waals surface area contributed by atoms with Gasteiger partial charge in [-0.3, -0.25) is 4.79 Å². The van der Waals surface area contributed by atoms with Crippen molar-refractivity contribution in [2.75, 3.05) is 0 Å². The van der Waals surface area contributed by atoms with E-state index >= 15 is 0 Å². The van der Waals surface area contributed by atoms with Crippen LogP contribution in [0.4, 0.5) is 0 Å². The van der Waals surface area contributed by atoms with Crippen LogP contribution in [-0.2, 0) is 11.8 Å². The molecule has 17 heavy (non-hydrogen) atoms.